The molecule has 0 radical (unpaired) electrons. The maximum absolute atomic E-state index is 12.1. The number of nitrogens with one attached hydrogen (secondary N) is 1. The van der Waals surface area contributed by atoms with Crippen molar-refractivity contribution in [2.24, 2.45) is 5.92 Å². The molecule has 1 N–H and O–H groups in total. The van der Waals surface area contributed by atoms with Gasteiger partial charge in [-0.05, 0) is 37.9 Å². The van der Waals surface area contributed by atoms with Crippen LogP contribution in [0.4, 0.5) is 0 Å². The highest BCUT2D eigenvalue weighted by molar-refractivity contribution is 5.91. The molecular weight excluding hydrogens is 204 g/mol. The molecule has 4 nitrogen and oxygen atoms in total. The molecular formula is C12H16N2O2. The summed E-state index contributed by atoms with van der Waals surface area (Å²) in [5, 5.41) is 3.44. The van der Waals surface area contributed by atoms with E-state index in [0.717, 1.165) is 25.4 Å². The van der Waals surface area contributed by atoms with Gasteiger partial charge in [-0.15, -0.1) is 0 Å². The average Bonchev–Trinajstić information content (AvgIpc) is 2.89. The molecule has 3 heterocycles. The summed E-state index contributed by atoms with van der Waals surface area (Å²) in [5.74, 6) is 1.93. The molecule has 0 bridgehead atoms. The van der Waals surface area contributed by atoms with Crippen molar-refractivity contribution in [2.45, 2.75) is 19.4 Å². The average molecular weight is 220 g/mol. The minimum absolute atomic E-state index is 0.0318. The number of carbonyl (C=O) groups excluding carboxylic acids is 1. The first kappa shape index (κ1) is 9.90. The number of aryl methyl sites for hydroxylation is 1. The summed E-state index contributed by atoms with van der Waals surface area (Å²) < 4.78 is 5.37. The zero-order valence-electron chi connectivity index (χ0n) is 9.40. The SMILES string of the molecule is Cc1ccc(C(=O)N2C[C@@H]3CCN[C@@H]3C2)o1. The van der Waals surface area contributed by atoms with Crippen LogP contribution in [0.5, 0.6) is 0 Å². The number of hydrogen-bond donors (Lipinski definition) is 1. The van der Waals surface area contributed by atoms with Crippen molar-refractivity contribution in [2.75, 3.05) is 19.6 Å². The smallest absolute Gasteiger partial charge is 0.289 e. The van der Waals surface area contributed by atoms with Gasteiger partial charge in [0.15, 0.2) is 5.76 Å². The number of fused-ring (bicyclic) bond motifs is 1. The molecule has 2 aliphatic rings. The van der Waals surface area contributed by atoms with Gasteiger partial charge in [-0.1, -0.05) is 0 Å². The van der Waals surface area contributed by atoms with Crippen LogP contribution in [0.25, 0.3) is 0 Å². The van der Waals surface area contributed by atoms with E-state index in [2.05, 4.69) is 5.32 Å². The Bertz CT molecular complexity index is 401. The molecule has 0 spiro atoms. The Labute approximate surface area is 94.6 Å². The summed E-state index contributed by atoms with van der Waals surface area (Å²) in [7, 11) is 0. The highest BCUT2D eigenvalue weighted by Gasteiger charge is 2.38. The van der Waals surface area contributed by atoms with E-state index in [4.69, 9.17) is 4.42 Å². The minimum Gasteiger partial charge on any atom is -0.456 e. The van der Waals surface area contributed by atoms with Gasteiger partial charge in [0.25, 0.3) is 5.91 Å². The molecule has 3 rings (SSSR count). The van der Waals surface area contributed by atoms with Gasteiger partial charge in [-0.3, -0.25) is 4.79 Å². The molecule has 0 aliphatic carbocycles. The summed E-state index contributed by atoms with van der Waals surface area (Å²) in [6, 6.07) is 4.10. The minimum atomic E-state index is 0.0318. The monoisotopic (exact) mass is 220 g/mol. The number of furan rings is 1. The number of rotatable bonds is 1. The van der Waals surface area contributed by atoms with E-state index < -0.39 is 0 Å². The van der Waals surface area contributed by atoms with Crippen LogP contribution in [0, 0.1) is 12.8 Å². The Morgan fingerprint density at radius 1 is 1.50 bits per heavy atom. The van der Waals surface area contributed by atoms with Gasteiger partial charge < -0.3 is 14.6 Å². The van der Waals surface area contributed by atoms with Crippen molar-refractivity contribution in [3.05, 3.63) is 23.7 Å². The van der Waals surface area contributed by atoms with Gasteiger partial charge in [-0.2, -0.15) is 0 Å². The third-order valence-corrected chi connectivity index (χ3v) is 3.60. The lowest BCUT2D eigenvalue weighted by Gasteiger charge is -2.15. The lowest BCUT2D eigenvalue weighted by Crippen LogP contribution is -2.33. The number of carbonyl (C=O) groups is 1. The number of hydrogen-bond acceptors (Lipinski definition) is 3. The van der Waals surface area contributed by atoms with Crippen LogP contribution in [0.1, 0.15) is 22.7 Å². The van der Waals surface area contributed by atoms with Crippen molar-refractivity contribution in [3.8, 4) is 0 Å². The summed E-state index contributed by atoms with van der Waals surface area (Å²) >= 11 is 0. The van der Waals surface area contributed by atoms with Gasteiger partial charge in [-0.25, -0.2) is 0 Å². The number of nitrogens with zero attached hydrogens (tertiary/aromatic N) is 1. The van der Waals surface area contributed by atoms with E-state index in [9.17, 15) is 4.79 Å². The first-order valence-corrected chi connectivity index (χ1v) is 5.83. The Kier molecular flexibility index (Phi) is 2.24. The normalized spacial score (nSPS) is 28.4. The molecule has 0 aromatic carbocycles. The molecule has 4 heteroatoms. The van der Waals surface area contributed by atoms with E-state index >= 15 is 0 Å². The maximum Gasteiger partial charge on any atom is 0.289 e. The van der Waals surface area contributed by atoms with Crippen LogP contribution < -0.4 is 5.32 Å². The van der Waals surface area contributed by atoms with Crippen LogP contribution in [0.3, 0.4) is 0 Å². The molecule has 2 fully saturated rings. The van der Waals surface area contributed by atoms with Crippen LogP contribution >= 0.6 is 0 Å². The van der Waals surface area contributed by atoms with Crippen molar-refractivity contribution in [3.63, 3.8) is 0 Å². The number of amides is 1. The fraction of sp³-hybridized carbons (Fsp3) is 0.583. The zero-order valence-corrected chi connectivity index (χ0v) is 9.40. The Balaban J connectivity index is 1.73. The lowest BCUT2D eigenvalue weighted by molar-refractivity contribution is 0.0749. The van der Waals surface area contributed by atoms with Crippen LogP contribution in [-0.2, 0) is 0 Å². The van der Waals surface area contributed by atoms with Crippen LogP contribution in [0.2, 0.25) is 0 Å². The summed E-state index contributed by atoms with van der Waals surface area (Å²) in [6.45, 7) is 4.65. The quantitative estimate of drug-likeness (QED) is 0.768. The Morgan fingerprint density at radius 2 is 2.38 bits per heavy atom. The van der Waals surface area contributed by atoms with Gasteiger partial charge in [0.05, 0.1) is 0 Å². The van der Waals surface area contributed by atoms with E-state index in [-0.39, 0.29) is 5.91 Å². The molecule has 1 amide bonds. The summed E-state index contributed by atoms with van der Waals surface area (Å²) in [5.41, 5.74) is 0. The van der Waals surface area contributed by atoms with E-state index in [1.807, 2.05) is 17.9 Å². The van der Waals surface area contributed by atoms with Gasteiger partial charge >= 0.3 is 0 Å². The second kappa shape index (κ2) is 3.63. The Hall–Kier alpha value is -1.29. The van der Waals surface area contributed by atoms with Crippen molar-refractivity contribution < 1.29 is 9.21 Å². The standard InChI is InChI=1S/C12H16N2O2/c1-8-2-3-11(16-8)12(15)14-6-9-4-5-13-10(9)7-14/h2-3,9-10,13H,4-7H2,1H3/t9-,10+/m0/s1. The molecule has 0 unspecified atom stereocenters. The van der Waals surface area contributed by atoms with Crippen molar-refractivity contribution in [1.82, 2.24) is 10.2 Å². The van der Waals surface area contributed by atoms with Gasteiger partial charge in [0.1, 0.15) is 5.76 Å². The largest absolute Gasteiger partial charge is 0.456 e. The van der Waals surface area contributed by atoms with E-state index in [0.29, 0.717) is 17.7 Å². The molecule has 0 saturated carbocycles. The van der Waals surface area contributed by atoms with Crippen LogP contribution in [-0.4, -0.2) is 36.5 Å². The third-order valence-electron chi connectivity index (χ3n) is 3.60. The molecule has 86 valence electrons. The molecule has 2 aliphatic heterocycles. The summed E-state index contributed by atoms with van der Waals surface area (Å²) in [4.78, 5) is 14.0. The lowest BCUT2D eigenvalue weighted by atomic mass is 10.1. The van der Waals surface area contributed by atoms with Gasteiger partial charge in [0.2, 0.25) is 0 Å². The second-order valence-electron chi connectivity index (χ2n) is 4.73. The Morgan fingerprint density at radius 3 is 3.06 bits per heavy atom. The van der Waals surface area contributed by atoms with E-state index in [1.165, 1.54) is 6.42 Å². The highest BCUT2D eigenvalue weighted by atomic mass is 16.3. The van der Waals surface area contributed by atoms with Crippen molar-refractivity contribution in [1.29, 1.82) is 0 Å². The molecule has 16 heavy (non-hydrogen) atoms. The number of likely N-dealkylation sites (tertiary alicyclic amines) is 1. The highest BCUT2D eigenvalue weighted by Crippen LogP contribution is 2.26. The predicted molar refractivity (Wildman–Crippen MR) is 59.2 cm³/mol. The van der Waals surface area contributed by atoms with E-state index in [1.54, 1.807) is 6.07 Å². The molecule has 2 saturated heterocycles. The van der Waals surface area contributed by atoms with Crippen LogP contribution in [0.15, 0.2) is 16.5 Å². The maximum atomic E-state index is 12.1. The molecule has 1 aromatic rings. The fourth-order valence-electron chi connectivity index (χ4n) is 2.72. The first-order chi connectivity index (χ1) is 7.74. The summed E-state index contributed by atoms with van der Waals surface area (Å²) in [6.07, 6.45) is 1.19. The third kappa shape index (κ3) is 1.53. The first-order valence-electron chi connectivity index (χ1n) is 5.83. The molecule has 2 atom stereocenters. The topological polar surface area (TPSA) is 45.5 Å². The second-order valence-corrected chi connectivity index (χ2v) is 4.73. The van der Waals surface area contributed by atoms with Crippen molar-refractivity contribution >= 4 is 5.91 Å². The molecule has 1 aromatic heterocycles. The van der Waals surface area contributed by atoms with Gasteiger partial charge in [0, 0.05) is 19.1 Å². The zero-order chi connectivity index (χ0) is 11.1. The fourth-order valence-corrected chi connectivity index (χ4v) is 2.72. The predicted octanol–water partition coefficient (Wildman–Crippen LogP) is 1.02.